The third kappa shape index (κ3) is 4.98. The number of nitrogens with zero attached hydrogens (tertiary/aromatic N) is 4. The topological polar surface area (TPSA) is 81.8 Å². The number of benzene rings is 1. The summed E-state index contributed by atoms with van der Waals surface area (Å²) in [6.45, 7) is -0.439. The molecule has 0 saturated heterocycles. The zero-order valence-electron chi connectivity index (χ0n) is 16.3. The number of nitrogens with one attached hydrogen (secondary N) is 1. The van der Waals surface area contributed by atoms with E-state index in [1.54, 1.807) is 18.2 Å². The summed E-state index contributed by atoms with van der Waals surface area (Å²) in [6, 6.07) is 5.58. The van der Waals surface area contributed by atoms with Crippen LogP contribution >= 0.6 is 0 Å². The van der Waals surface area contributed by atoms with Crippen LogP contribution in [-0.2, 0) is 25.9 Å². The molecule has 0 saturated carbocycles. The number of halogens is 6. The summed E-state index contributed by atoms with van der Waals surface area (Å²) < 4.78 is 79.9. The molecule has 3 rings (SSSR count). The van der Waals surface area contributed by atoms with Crippen molar-refractivity contribution in [1.82, 2.24) is 24.6 Å². The Balaban J connectivity index is 1.77. The highest BCUT2D eigenvalue weighted by Crippen LogP contribution is 2.36. The van der Waals surface area contributed by atoms with Crippen LogP contribution in [0.5, 0.6) is 0 Å². The van der Waals surface area contributed by atoms with Gasteiger partial charge in [-0.1, -0.05) is 6.07 Å². The Labute approximate surface area is 176 Å². The smallest absolute Gasteiger partial charge is 0.350 e. The van der Waals surface area contributed by atoms with Crippen LogP contribution in [0.15, 0.2) is 47.4 Å². The van der Waals surface area contributed by atoms with Gasteiger partial charge in [0.15, 0.2) is 5.82 Å². The van der Waals surface area contributed by atoms with E-state index >= 15 is 0 Å². The van der Waals surface area contributed by atoms with Crippen molar-refractivity contribution in [2.24, 2.45) is 7.05 Å². The summed E-state index contributed by atoms with van der Waals surface area (Å²) in [6.07, 6.45) is -8.64. The summed E-state index contributed by atoms with van der Waals surface area (Å²) in [5.74, 6) is -0.912. The van der Waals surface area contributed by atoms with Crippen molar-refractivity contribution < 1.29 is 31.1 Å². The van der Waals surface area contributed by atoms with Gasteiger partial charge in [0.05, 0.1) is 17.7 Å². The Bertz CT molecular complexity index is 1150. The van der Waals surface area contributed by atoms with Crippen molar-refractivity contribution >= 4 is 5.91 Å². The van der Waals surface area contributed by atoms with Gasteiger partial charge < -0.3 is 5.32 Å². The Morgan fingerprint density at radius 3 is 2.19 bits per heavy atom. The number of alkyl halides is 6. The fourth-order valence-corrected chi connectivity index (χ4v) is 2.82. The average Bonchev–Trinajstić information content (AvgIpc) is 3.01. The molecule has 0 atom stereocenters. The Hall–Kier alpha value is -3.64. The van der Waals surface area contributed by atoms with E-state index in [0.717, 1.165) is 4.68 Å². The largest absolute Gasteiger partial charge is 0.416 e. The first-order chi connectivity index (χ1) is 14.9. The molecule has 1 N–H and O–H groups in total. The predicted octanol–water partition coefficient (Wildman–Crippen LogP) is 3.11. The lowest BCUT2D eigenvalue weighted by molar-refractivity contribution is -0.143. The van der Waals surface area contributed by atoms with Crippen molar-refractivity contribution in [3.05, 3.63) is 69.8 Å². The van der Waals surface area contributed by atoms with Crippen molar-refractivity contribution in [2.45, 2.75) is 18.9 Å². The number of rotatable bonds is 5. The van der Waals surface area contributed by atoms with Gasteiger partial charge in [0.2, 0.25) is 0 Å². The number of aromatic nitrogens is 4. The SMILES string of the molecule is Cn1c(-c2ccccn2)nn(CCNC(=O)c2cc(C(F)(F)F)cc(C(F)(F)F)c2)c1=O. The van der Waals surface area contributed by atoms with Crippen LogP contribution in [-0.4, -0.2) is 31.8 Å². The molecule has 0 bridgehead atoms. The molecular formula is C19H15F6N5O2. The first-order valence-corrected chi connectivity index (χ1v) is 9.01. The number of amides is 1. The van der Waals surface area contributed by atoms with Gasteiger partial charge >= 0.3 is 18.0 Å². The van der Waals surface area contributed by atoms with Crippen molar-refractivity contribution in [3.8, 4) is 11.5 Å². The van der Waals surface area contributed by atoms with E-state index in [-0.39, 0.29) is 25.0 Å². The molecule has 13 heteroatoms. The summed E-state index contributed by atoms with van der Waals surface area (Å²) in [5, 5.41) is 6.30. The van der Waals surface area contributed by atoms with Gasteiger partial charge in [-0.3, -0.25) is 14.3 Å². The zero-order valence-corrected chi connectivity index (χ0v) is 16.3. The molecule has 32 heavy (non-hydrogen) atoms. The fraction of sp³-hybridized carbons (Fsp3) is 0.263. The van der Waals surface area contributed by atoms with E-state index in [1.165, 1.54) is 17.8 Å². The van der Waals surface area contributed by atoms with Crippen LogP contribution in [0, 0.1) is 0 Å². The van der Waals surface area contributed by atoms with Crippen molar-refractivity contribution in [3.63, 3.8) is 0 Å². The lowest BCUT2D eigenvalue weighted by atomic mass is 10.0. The van der Waals surface area contributed by atoms with Crippen molar-refractivity contribution in [1.29, 1.82) is 0 Å². The van der Waals surface area contributed by atoms with Crippen LogP contribution in [0.25, 0.3) is 11.5 Å². The normalized spacial score (nSPS) is 12.1. The number of pyridine rings is 1. The third-order valence-corrected chi connectivity index (χ3v) is 4.39. The van der Waals surface area contributed by atoms with Gasteiger partial charge in [0.25, 0.3) is 5.91 Å². The molecular weight excluding hydrogens is 444 g/mol. The Morgan fingerprint density at radius 1 is 1.03 bits per heavy atom. The third-order valence-electron chi connectivity index (χ3n) is 4.39. The lowest BCUT2D eigenvalue weighted by Gasteiger charge is -2.14. The second-order valence-corrected chi connectivity index (χ2v) is 6.65. The highest BCUT2D eigenvalue weighted by molar-refractivity contribution is 5.94. The molecule has 1 aromatic carbocycles. The fourth-order valence-electron chi connectivity index (χ4n) is 2.82. The summed E-state index contributed by atoms with van der Waals surface area (Å²) in [5.41, 5.74) is -4.14. The molecule has 0 fully saturated rings. The minimum atomic E-state index is -5.07. The molecule has 0 spiro atoms. The molecule has 0 radical (unpaired) electrons. The Morgan fingerprint density at radius 2 is 1.66 bits per heavy atom. The molecule has 170 valence electrons. The van der Waals surface area contributed by atoms with Crippen LogP contribution < -0.4 is 11.0 Å². The second kappa shape index (κ2) is 8.48. The maximum atomic E-state index is 12.9. The monoisotopic (exact) mass is 459 g/mol. The molecule has 2 heterocycles. The number of carbonyl (C=O) groups is 1. The molecule has 2 aromatic heterocycles. The van der Waals surface area contributed by atoms with E-state index in [4.69, 9.17) is 0 Å². The first kappa shape index (κ1) is 23.0. The summed E-state index contributed by atoms with van der Waals surface area (Å²) in [7, 11) is 1.45. The predicted molar refractivity (Wildman–Crippen MR) is 99.5 cm³/mol. The van der Waals surface area contributed by atoms with Gasteiger partial charge in [0.1, 0.15) is 5.69 Å². The maximum Gasteiger partial charge on any atom is 0.416 e. The summed E-state index contributed by atoms with van der Waals surface area (Å²) in [4.78, 5) is 28.6. The minimum absolute atomic E-state index is 0.0661. The molecule has 0 aliphatic rings. The van der Waals surface area contributed by atoms with E-state index < -0.39 is 40.6 Å². The quantitative estimate of drug-likeness (QED) is 0.595. The molecule has 3 aromatic rings. The van der Waals surface area contributed by atoms with Crippen LogP contribution in [0.1, 0.15) is 21.5 Å². The van der Waals surface area contributed by atoms with Gasteiger partial charge in [-0.25, -0.2) is 9.48 Å². The number of hydrogen-bond acceptors (Lipinski definition) is 4. The molecule has 0 aliphatic carbocycles. The highest BCUT2D eigenvalue weighted by Gasteiger charge is 2.37. The number of hydrogen-bond donors (Lipinski definition) is 1. The molecule has 0 unspecified atom stereocenters. The second-order valence-electron chi connectivity index (χ2n) is 6.65. The van der Waals surface area contributed by atoms with E-state index in [2.05, 4.69) is 15.4 Å². The van der Waals surface area contributed by atoms with Gasteiger partial charge in [-0.15, -0.1) is 5.10 Å². The zero-order chi connectivity index (χ0) is 23.7. The Kier molecular flexibility index (Phi) is 6.10. The van der Waals surface area contributed by atoms with Crippen LogP contribution in [0.4, 0.5) is 26.3 Å². The van der Waals surface area contributed by atoms with Gasteiger partial charge in [0, 0.05) is 25.4 Å². The van der Waals surface area contributed by atoms with E-state index in [0.29, 0.717) is 17.8 Å². The highest BCUT2D eigenvalue weighted by atomic mass is 19.4. The van der Waals surface area contributed by atoms with E-state index in [1.807, 2.05) is 0 Å². The number of carbonyl (C=O) groups excluding carboxylic acids is 1. The standard InChI is InChI=1S/C19H15F6N5O2/c1-29-15(14-4-2-3-5-26-14)28-30(17(29)32)7-6-27-16(31)11-8-12(18(20,21)22)10-13(9-11)19(23,24)25/h2-5,8-10H,6-7H2,1H3,(H,27,31). The van der Waals surface area contributed by atoms with Gasteiger partial charge in [-0.2, -0.15) is 26.3 Å². The van der Waals surface area contributed by atoms with Crippen LogP contribution in [0.3, 0.4) is 0 Å². The average molecular weight is 459 g/mol. The molecule has 7 nitrogen and oxygen atoms in total. The van der Waals surface area contributed by atoms with Crippen molar-refractivity contribution in [2.75, 3.05) is 6.54 Å². The first-order valence-electron chi connectivity index (χ1n) is 9.01. The molecule has 0 aliphatic heterocycles. The lowest BCUT2D eigenvalue weighted by Crippen LogP contribution is -2.32. The minimum Gasteiger partial charge on any atom is -0.350 e. The molecule has 1 amide bonds. The van der Waals surface area contributed by atoms with Crippen LogP contribution in [0.2, 0.25) is 0 Å². The maximum absolute atomic E-state index is 12.9. The summed E-state index contributed by atoms with van der Waals surface area (Å²) >= 11 is 0. The van der Waals surface area contributed by atoms with Gasteiger partial charge in [-0.05, 0) is 30.3 Å². The van der Waals surface area contributed by atoms with E-state index in [9.17, 15) is 35.9 Å².